The highest BCUT2D eigenvalue weighted by Gasteiger charge is 2.39. The maximum atomic E-state index is 12.9. The Bertz CT molecular complexity index is 982. The van der Waals surface area contributed by atoms with Crippen LogP contribution in [0.3, 0.4) is 0 Å². The van der Waals surface area contributed by atoms with Crippen molar-refractivity contribution in [2.75, 3.05) is 13.2 Å². The molecule has 4 heterocycles. The molecule has 0 radical (unpaired) electrons. The lowest BCUT2D eigenvalue weighted by Gasteiger charge is -2.29. The van der Waals surface area contributed by atoms with Crippen molar-refractivity contribution >= 4 is 29.1 Å². The van der Waals surface area contributed by atoms with E-state index in [0.29, 0.717) is 31.7 Å². The Hall–Kier alpha value is -2.62. The van der Waals surface area contributed by atoms with Gasteiger partial charge in [-0.25, -0.2) is 4.98 Å². The van der Waals surface area contributed by atoms with E-state index in [1.54, 1.807) is 4.90 Å². The van der Waals surface area contributed by atoms with Gasteiger partial charge in [0.1, 0.15) is 16.7 Å². The van der Waals surface area contributed by atoms with E-state index in [4.69, 9.17) is 9.47 Å². The molecule has 2 saturated heterocycles. The Morgan fingerprint density at radius 2 is 2.00 bits per heavy atom. The van der Waals surface area contributed by atoms with Gasteiger partial charge in [-0.2, -0.15) is 0 Å². The number of nitrogens with one attached hydrogen (secondary N) is 1. The van der Waals surface area contributed by atoms with Crippen LogP contribution < -0.4 is 5.32 Å². The fraction of sp³-hybridized carbons (Fsp3) is 0.368. The highest BCUT2D eigenvalue weighted by Crippen LogP contribution is 2.34. The van der Waals surface area contributed by atoms with Crippen LogP contribution in [-0.2, 0) is 25.6 Å². The second kappa shape index (κ2) is 6.77. The third-order valence-electron chi connectivity index (χ3n) is 5.16. The number of piperidine rings is 1. The van der Waals surface area contributed by atoms with Crippen LogP contribution in [0, 0.1) is 0 Å². The molecule has 3 amide bonds. The molecule has 0 bridgehead atoms. The first-order valence-electron chi connectivity index (χ1n) is 9.07. The van der Waals surface area contributed by atoms with Gasteiger partial charge >= 0.3 is 0 Å². The molecule has 2 aromatic rings. The van der Waals surface area contributed by atoms with Gasteiger partial charge in [-0.15, -0.1) is 11.3 Å². The van der Waals surface area contributed by atoms with Gasteiger partial charge in [0.25, 0.3) is 5.91 Å². The first-order valence-corrected chi connectivity index (χ1v) is 9.95. The van der Waals surface area contributed by atoms with Crippen LogP contribution in [-0.4, -0.2) is 46.9 Å². The van der Waals surface area contributed by atoms with Crippen LogP contribution in [0.2, 0.25) is 0 Å². The smallest absolute Gasteiger partial charge is 0.255 e. The zero-order valence-electron chi connectivity index (χ0n) is 14.8. The molecule has 0 aliphatic carbocycles. The number of nitrogens with zero attached hydrogens (tertiary/aromatic N) is 2. The van der Waals surface area contributed by atoms with Crippen molar-refractivity contribution in [2.45, 2.75) is 31.7 Å². The van der Waals surface area contributed by atoms with Gasteiger partial charge in [-0.3, -0.25) is 19.7 Å². The number of amides is 3. The van der Waals surface area contributed by atoms with Crippen molar-refractivity contribution in [1.82, 2.24) is 15.2 Å². The lowest BCUT2D eigenvalue weighted by atomic mass is 10.0. The second-order valence-corrected chi connectivity index (χ2v) is 7.78. The van der Waals surface area contributed by atoms with E-state index in [1.807, 2.05) is 23.6 Å². The number of rotatable bonds is 3. The number of carbonyl (C=O) groups excluding carboxylic acids is 3. The Morgan fingerprint density at radius 3 is 2.79 bits per heavy atom. The molecule has 0 saturated carbocycles. The van der Waals surface area contributed by atoms with Crippen molar-refractivity contribution in [3.8, 4) is 10.6 Å². The van der Waals surface area contributed by atoms with E-state index in [0.717, 1.165) is 21.8 Å². The number of ether oxygens (including phenoxy) is 2. The molecule has 1 unspecified atom stereocenters. The topological polar surface area (TPSA) is 97.8 Å². The van der Waals surface area contributed by atoms with Crippen LogP contribution in [0.4, 0.5) is 0 Å². The monoisotopic (exact) mass is 399 g/mol. The molecular formula is C19H17N3O5S. The molecular weight excluding hydrogens is 382 g/mol. The summed E-state index contributed by atoms with van der Waals surface area (Å²) < 4.78 is 11.0. The zero-order chi connectivity index (χ0) is 19.3. The molecule has 5 rings (SSSR count). The lowest BCUT2D eigenvalue weighted by molar-refractivity contribution is -0.136. The molecule has 28 heavy (non-hydrogen) atoms. The molecule has 1 N–H and O–H groups in total. The van der Waals surface area contributed by atoms with E-state index >= 15 is 0 Å². The molecule has 0 spiro atoms. The number of imide groups is 1. The number of hydrogen-bond acceptors (Lipinski definition) is 7. The van der Waals surface area contributed by atoms with E-state index in [-0.39, 0.29) is 18.2 Å². The minimum absolute atomic E-state index is 0.189. The van der Waals surface area contributed by atoms with Crippen LogP contribution in [0.5, 0.6) is 0 Å². The highest BCUT2D eigenvalue weighted by molar-refractivity contribution is 7.13. The van der Waals surface area contributed by atoms with E-state index in [9.17, 15) is 14.4 Å². The average Bonchev–Trinajstić information content (AvgIpc) is 3.42. The Morgan fingerprint density at radius 1 is 1.18 bits per heavy atom. The van der Waals surface area contributed by atoms with Gasteiger partial charge in [0, 0.05) is 29.5 Å². The Balaban J connectivity index is 1.39. The summed E-state index contributed by atoms with van der Waals surface area (Å²) in [6.07, 6.45) is 0.174. The third-order valence-corrected chi connectivity index (χ3v) is 6.07. The molecule has 9 heteroatoms. The number of carbonyl (C=O) groups is 3. The SMILES string of the molecule is O=C1CCC(N2Cc3ccc(-c4nc(C5OCCO5)cs4)cc3C2=O)C(=O)N1. The fourth-order valence-corrected chi connectivity index (χ4v) is 4.56. The van der Waals surface area contributed by atoms with Crippen LogP contribution >= 0.6 is 11.3 Å². The van der Waals surface area contributed by atoms with Gasteiger partial charge in [0.2, 0.25) is 18.1 Å². The number of hydrogen-bond donors (Lipinski definition) is 1. The molecule has 3 aliphatic rings. The molecule has 2 fully saturated rings. The van der Waals surface area contributed by atoms with Crippen molar-refractivity contribution in [1.29, 1.82) is 0 Å². The summed E-state index contributed by atoms with van der Waals surface area (Å²) in [6.45, 7) is 1.48. The predicted molar refractivity (Wildman–Crippen MR) is 98.2 cm³/mol. The van der Waals surface area contributed by atoms with Gasteiger partial charge in [0.05, 0.1) is 13.2 Å². The summed E-state index contributed by atoms with van der Waals surface area (Å²) in [4.78, 5) is 42.6. The summed E-state index contributed by atoms with van der Waals surface area (Å²) in [5, 5.41) is 5.00. The summed E-state index contributed by atoms with van der Waals surface area (Å²) in [6, 6.07) is 5.05. The number of fused-ring (bicyclic) bond motifs is 1. The van der Waals surface area contributed by atoms with Gasteiger partial charge < -0.3 is 14.4 Å². The summed E-state index contributed by atoms with van der Waals surface area (Å²) in [5.74, 6) is -0.883. The maximum absolute atomic E-state index is 12.9. The molecule has 3 aliphatic heterocycles. The van der Waals surface area contributed by atoms with Crippen molar-refractivity contribution in [3.63, 3.8) is 0 Å². The first-order chi connectivity index (χ1) is 13.6. The Kier molecular flexibility index (Phi) is 4.22. The van der Waals surface area contributed by atoms with Gasteiger partial charge in [0.15, 0.2) is 0 Å². The van der Waals surface area contributed by atoms with Crippen molar-refractivity contribution in [3.05, 3.63) is 40.4 Å². The minimum Gasteiger partial charge on any atom is -0.345 e. The van der Waals surface area contributed by atoms with Gasteiger partial charge in [-0.1, -0.05) is 12.1 Å². The quantitative estimate of drug-likeness (QED) is 0.788. The minimum atomic E-state index is -0.607. The number of aromatic nitrogens is 1. The van der Waals surface area contributed by atoms with E-state index in [2.05, 4.69) is 10.3 Å². The molecule has 1 aromatic carbocycles. The summed E-state index contributed by atoms with van der Waals surface area (Å²) >= 11 is 1.47. The van der Waals surface area contributed by atoms with Crippen LogP contribution in [0.1, 0.15) is 40.7 Å². The van der Waals surface area contributed by atoms with Gasteiger partial charge in [-0.05, 0) is 18.1 Å². The predicted octanol–water partition coefficient (Wildman–Crippen LogP) is 1.62. The molecule has 8 nitrogen and oxygen atoms in total. The van der Waals surface area contributed by atoms with Crippen LogP contribution in [0.15, 0.2) is 23.6 Å². The normalized spacial score (nSPS) is 22.6. The lowest BCUT2D eigenvalue weighted by Crippen LogP contribution is -2.52. The average molecular weight is 399 g/mol. The van der Waals surface area contributed by atoms with E-state index < -0.39 is 18.2 Å². The molecule has 1 atom stereocenters. The number of benzene rings is 1. The molecule has 144 valence electrons. The van der Waals surface area contributed by atoms with Crippen molar-refractivity contribution in [2.24, 2.45) is 0 Å². The summed E-state index contributed by atoms with van der Waals surface area (Å²) in [7, 11) is 0. The highest BCUT2D eigenvalue weighted by atomic mass is 32.1. The first kappa shape index (κ1) is 17.5. The largest absolute Gasteiger partial charge is 0.345 e. The summed E-state index contributed by atoms with van der Waals surface area (Å²) in [5.41, 5.74) is 3.02. The molecule has 1 aromatic heterocycles. The fourth-order valence-electron chi connectivity index (χ4n) is 3.74. The van der Waals surface area contributed by atoms with Crippen molar-refractivity contribution < 1.29 is 23.9 Å². The van der Waals surface area contributed by atoms with E-state index in [1.165, 1.54) is 11.3 Å². The van der Waals surface area contributed by atoms with Crippen LogP contribution in [0.25, 0.3) is 10.6 Å². The third kappa shape index (κ3) is 2.92. The zero-order valence-corrected chi connectivity index (χ0v) is 15.7. The standard InChI is InChI=1S/C19H17N3O5S/c23-15-4-3-14(16(24)21-15)22-8-11-2-1-10(7-12(11)18(22)25)17-20-13(9-28-17)19-26-5-6-27-19/h1-2,7,9,14,19H,3-6,8H2,(H,21,23,24). The number of thiazole rings is 1. The second-order valence-electron chi connectivity index (χ2n) is 6.92. The Labute approximate surface area is 164 Å². The maximum Gasteiger partial charge on any atom is 0.255 e.